The van der Waals surface area contributed by atoms with E-state index in [1.54, 1.807) is 11.6 Å². The first-order valence-corrected chi connectivity index (χ1v) is 10.2. The van der Waals surface area contributed by atoms with Crippen molar-refractivity contribution in [2.75, 3.05) is 32.1 Å². The molecule has 3 aromatic rings. The molecule has 2 fully saturated rings. The van der Waals surface area contributed by atoms with E-state index in [-0.39, 0.29) is 17.4 Å². The first-order chi connectivity index (χ1) is 14.6. The molecular weight excluding hydrogens is 386 g/mol. The Labute approximate surface area is 173 Å². The van der Waals surface area contributed by atoms with Crippen molar-refractivity contribution in [3.63, 3.8) is 0 Å². The maximum absolute atomic E-state index is 12.0. The number of aryl methyl sites for hydroxylation is 1. The van der Waals surface area contributed by atoms with Crippen LogP contribution in [0, 0.1) is 12.8 Å². The summed E-state index contributed by atoms with van der Waals surface area (Å²) in [6.07, 6.45) is 4.65. The van der Waals surface area contributed by atoms with E-state index in [9.17, 15) is 4.79 Å². The number of fused-ring (bicyclic) bond motifs is 1. The normalized spacial score (nSPS) is 21.3. The third-order valence-corrected chi connectivity index (χ3v) is 5.89. The predicted octanol–water partition coefficient (Wildman–Crippen LogP) is 2.40. The van der Waals surface area contributed by atoms with Gasteiger partial charge in [0.1, 0.15) is 18.0 Å². The van der Waals surface area contributed by atoms with E-state index in [2.05, 4.69) is 20.9 Å². The lowest BCUT2D eigenvalue weighted by Crippen LogP contribution is -2.40. The van der Waals surface area contributed by atoms with Crippen LogP contribution >= 0.6 is 0 Å². The third kappa shape index (κ3) is 3.54. The van der Waals surface area contributed by atoms with Crippen LogP contribution in [-0.4, -0.2) is 53.1 Å². The predicted molar refractivity (Wildman–Crippen MR) is 110 cm³/mol. The van der Waals surface area contributed by atoms with Crippen molar-refractivity contribution in [3.8, 4) is 17.0 Å². The number of carbonyl (C=O) groups is 1. The van der Waals surface area contributed by atoms with Gasteiger partial charge in [-0.3, -0.25) is 4.79 Å². The van der Waals surface area contributed by atoms with Gasteiger partial charge in [-0.15, -0.1) is 0 Å². The van der Waals surface area contributed by atoms with Crippen molar-refractivity contribution in [1.29, 1.82) is 0 Å². The lowest BCUT2D eigenvalue weighted by molar-refractivity contribution is -0.117. The number of carbonyl (C=O) groups excluding carboxylic acids is 1. The Morgan fingerprint density at radius 1 is 1.43 bits per heavy atom. The van der Waals surface area contributed by atoms with E-state index < -0.39 is 0 Å². The number of ether oxygens (including phenoxy) is 2. The molecule has 0 unspecified atom stereocenters. The fourth-order valence-electron chi connectivity index (χ4n) is 3.84. The van der Waals surface area contributed by atoms with Crippen molar-refractivity contribution < 1.29 is 18.8 Å². The first-order valence-electron chi connectivity index (χ1n) is 10.2. The van der Waals surface area contributed by atoms with Crippen molar-refractivity contribution in [2.24, 2.45) is 5.92 Å². The zero-order chi connectivity index (χ0) is 20.7. The standard InChI is InChI=1S/C21H25N5O4/c1-13-18(20(25-30-13)29-12-21(28-2)6-7-22-11-21)15-5-8-26-16(9-15)10-17(24-26)23-19(27)14-3-4-14/h5,8-10,14,22H,3-4,6-7,11-12H2,1-2H3,(H,23,24,27)/t21-/m0/s1. The van der Waals surface area contributed by atoms with Crippen molar-refractivity contribution in [1.82, 2.24) is 20.1 Å². The van der Waals surface area contributed by atoms with E-state index in [1.807, 2.05) is 31.3 Å². The summed E-state index contributed by atoms with van der Waals surface area (Å²) in [6, 6.07) is 5.77. The molecule has 1 aliphatic carbocycles. The highest BCUT2D eigenvalue weighted by molar-refractivity contribution is 5.93. The second-order valence-electron chi connectivity index (χ2n) is 8.10. The number of amides is 1. The molecule has 1 saturated carbocycles. The monoisotopic (exact) mass is 411 g/mol. The molecule has 158 valence electrons. The zero-order valence-electron chi connectivity index (χ0n) is 17.1. The van der Waals surface area contributed by atoms with Gasteiger partial charge in [-0.25, -0.2) is 4.52 Å². The Bertz CT molecular complexity index is 1080. The van der Waals surface area contributed by atoms with Gasteiger partial charge in [-0.05, 0) is 55.6 Å². The van der Waals surface area contributed by atoms with Crippen LogP contribution in [0.15, 0.2) is 28.9 Å². The fraction of sp³-hybridized carbons (Fsp3) is 0.476. The summed E-state index contributed by atoms with van der Waals surface area (Å²) < 4.78 is 18.9. The highest BCUT2D eigenvalue weighted by Gasteiger charge is 2.35. The Morgan fingerprint density at radius 3 is 3.03 bits per heavy atom. The van der Waals surface area contributed by atoms with Gasteiger partial charge in [-0.2, -0.15) is 5.10 Å². The van der Waals surface area contributed by atoms with Gasteiger partial charge in [0, 0.05) is 31.8 Å². The van der Waals surface area contributed by atoms with Crippen molar-refractivity contribution >= 4 is 17.2 Å². The molecule has 1 amide bonds. The molecule has 0 aromatic carbocycles. The van der Waals surface area contributed by atoms with Crippen molar-refractivity contribution in [3.05, 3.63) is 30.2 Å². The minimum Gasteiger partial charge on any atom is -0.472 e. The average molecular weight is 411 g/mol. The molecule has 0 spiro atoms. The molecule has 0 radical (unpaired) electrons. The summed E-state index contributed by atoms with van der Waals surface area (Å²) in [4.78, 5) is 12.0. The number of aromatic nitrogens is 3. The molecule has 2 N–H and O–H groups in total. The molecule has 2 aliphatic rings. The van der Waals surface area contributed by atoms with E-state index in [0.29, 0.717) is 24.1 Å². The number of hydrogen-bond acceptors (Lipinski definition) is 7. The number of hydrogen-bond donors (Lipinski definition) is 2. The summed E-state index contributed by atoms with van der Waals surface area (Å²) >= 11 is 0. The summed E-state index contributed by atoms with van der Waals surface area (Å²) in [5.41, 5.74) is 2.22. The number of pyridine rings is 1. The topological polar surface area (TPSA) is 103 Å². The Kier molecular flexibility index (Phi) is 4.71. The van der Waals surface area contributed by atoms with Gasteiger partial charge >= 0.3 is 0 Å². The maximum Gasteiger partial charge on any atom is 0.262 e. The number of nitrogens with zero attached hydrogens (tertiary/aromatic N) is 3. The lowest BCUT2D eigenvalue weighted by Gasteiger charge is -2.25. The summed E-state index contributed by atoms with van der Waals surface area (Å²) in [5, 5.41) is 14.7. The average Bonchev–Trinajstić information content (AvgIpc) is 3.19. The quantitative estimate of drug-likeness (QED) is 0.615. The van der Waals surface area contributed by atoms with Crippen LogP contribution in [0.4, 0.5) is 5.82 Å². The highest BCUT2D eigenvalue weighted by atomic mass is 16.6. The molecule has 9 nitrogen and oxygen atoms in total. The summed E-state index contributed by atoms with van der Waals surface area (Å²) in [7, 11) is 1.71. The van der Waals surface area contributed by atoms with Gasteiger partial charge in [0.2, 0.25) is 5.91 Å². The maximum atomic E-state index is 12.0. The molecule has 9 heteroatoms. The smallest absolute Gasteiger partial charge is 0.262 e. The molecule has 3 aromatic heterocycles. The molecule has 0 bridgehead atoms. The molecule has 4 heterocycles. The summed E-state index contributed by atoms with van der Waals surface area (Å²) in [6.45, 7) is 3.90. The minimum absolute atomic E-state index is 0.0395. The fourth-order valence-corrected chi connectivity index (χ4v) is 3.84. The van der Waals surface area contributed by atoms with Crippen LogP contribution in [0.5, 0.6) is 5.88 Å². The van der Waals surface area contributed by atoms with E-state index >= 15 is 0 Å². The minimum atomic E-state index is -0.353. The van der Waals surface area contributed by atoms with Crippen molar-refractivity contribution in [2.45, 2.75) is 31.8 Å². The van der Waals surface area contributed by atoms with Crippen LogP contribution in [-0.2, 0) is 9.53 Å². The number of anilines is 1. The SMILES string of the molecule is CO[C@@]1(COc2noc(C)c2-c2ccn3nc(NC(=O)C4CC4)cc3c2)CCNC1. The van der Waals surface area contributed by atoms with Crippen LogP contribution in [0.3, 0.4) is 0 Å². The second kappa shape index (κ2) is 7.41. The number of rotatable bonds is 7. The van der Waals surface area contributed by atoms with Crippen LogP contribution < -0.4 is 15.4 Å². The Balaban J connectivity index is 1.39. The molecule has 1 saturated heterocycles. The summed E-state index contributed by atoms with van der Waals surface area (Å²) in [5.74, 6) is 1.85. The number of nitrogens with one attached hydrogen (secondary N) is 2. The third-order valence-electron chi connectivity index (χ3n) is 5.89. The van der Waals surface area contributed by atoms with Gasteiger partial charge in [0.25, 0.3) is 5.88 Å². The first kappa shape index (κ1) is 19.1. The molecular formula is C21H25N5O4. The lowest BCUT2D eigenvalue weighted by atomic mass is 10.0. The van der Waals surface area contributed by atoms with Gasteiger partial charge in [-0.1, -0.05) is 0 Å². The van der Waals surface area contributed by atoms with Crippen LogP contribution in [0.2, 0.25) is 0 Å². The molecule has 1 aliphatic heterocycles. The zero-order valence-corrected chi connectivity index (χ0v) is 17.1. The molecule has 1 atom stereocenters. The van der Waals surface area contributed by atoms with Gasteiger partial charge in [0.05, 0.1) is 11.1 Å². The largest absolute Gasteiger partial charge is 0.472 e. The van der Waals surface area contributed by atoms with Gasteiger partial charge in [0.15, 0.2) is 5.82 Å². The Morgan fingerprint density at radius 2 is 2.30 bits per heavy atom. The van der Waals surface area contributed by atoms with E-state index in [4.69, 9.17) is 14.0 Å². The van der Waals surface area contributed by atoms with Crippen LogP contribution in [0.1, 0.15) is 25.0 Å². The van der Waals surface area contributed by atoms with Gasteiger partial charge < -0.3 is 24.6 Å². The molecule has 5 rings (SSSR count). The van der Waals surface area contributed by atoms with E-state index in [1.165, 1.54) is 0 Å². The second-order valence-corrected chi connectivity index (χ2v) is 8.10. The number of methoxy groups -OCH3 is 1. The highest BCUT2D eigenvalue weighted by Crippen LogP contribution is 2.35. The van der Waals surface area contributed by atoms with Crippen LogP contribution in [0.25, 0.3) is 16.6 Å². The molecule has 30 heavy (non-hydrogen) atoms. The van der Waals surface area contributed by atoms with E-state index in [0.717, 1.165) is 49.0 Å². The Hall–Kier alpha value is -2.91.